The van der Waals surface area contributed by atoms with Gasteiger partial charge in [0.15, 0.2) is 5.69 Å². The van der Waals surface area contributed by atoms with Crippen molar-refractivity contribution in [2.24, 2.45) is 11.3 Å². The first-order chi connectivity index (χ1) is 17.6. The van der Waals surface area contributed by atoms with Crippen molar-refractivity contribution in [2.45, 2.75) is 70.8 Å². The predicted molar refractivity (Wildman–Crippen MR) is 141 cm³/mol. The van der Waals surface area contributed by atoms with E-state index in [4.69, 9.17) is 16.3 Å². The number of nitrogens with one attached hydrogen (secondary N) is 1. The highest BCUT2D eigenvalue weighted by Crippen LogP contribution is 2.42. The highest BCUT2D eigenvalue weighted by Gasteiger charge is 2.47. The number of carbonyl (C=O) groups excluding carboxylic acids is 1. The number of methoxy groups -OCH3 is 1. The van der Waals surface area contributed by atoms with Crippen LogP contribution in [0.5, 0.6) is 5.75 Å². The maximum atomic E-state index is 13.4. The first kappa shape index (κ1) is 30.3. The molecular formula is C26H35ClF3N3O4S. The van der Waals surface area contributed by atoms with Crippen molar-refractivity contribution in [2.75, 3.05) is 19.9 Å². The Balaban J connectivity index is 1.80. The fraction of sp³-hybridized carbons (Fsp3) is 0.615. The van der Waals surface area contributed by atoms with Gasteiger partial charge in [0.25, 0.3) is 5.91 Å². The van der Waals surface area contributed by atoms with E-state index < -0.39 is 27.3 Å². The fourth-order valence-corrected chi connectivity index (χ4v) is 6.26. The summed E-state index contributed by atoms with van der Waals surface area (Å²) in [6, 6.07) is 4.79. The average Bonchev–Trinajstić information content (AvgIpc) is 3.17. The number of alkyl halides is 3. The van der Waals surface area contributed by atoms with E-state index in [2.05, 4.69) is 10.4 Å². The van der Waals surface area contributed by atoms with Gasteiger partial charge in [0.05, 0.1) is 28.5 Å². The SMILES string of the molecule is CCn1nc(C(=O)NC[C@H]2CC[C@H](S(C)(=O)=O)CC2)c(Cl)c1-c1ccc(CC(C)(C)C(F)(F)F)cc1OC. The van der Waals surface area contributed by atoms with Crippen LogP contribution in [0, 0.1) is 11.3 Å². The van der Waals surface area contributed by atoms with E-state index in [-0.39, 0.29) is 28.3 Å². The van der Waals surface area contributed by atoms with E-state index >= 15 is 0 Å². The van der Waals surface area contributed by atoms with Crippen LogP contribution >= 0.6 is 11.6 Å². The molecule has 1 heterocycles. The van der Waals surface area contributed by atoms with Gasteiger partial charge in [-0.25, -0.2) is 8.42 Å². The number of carbonyl (C=O) groups is 1. The number of rotatable bonds is 9. The number of hydrogen-bond acceptors (Lipinski definition) is 5. The van der Waals surface area contributed by atoms with Gasteiger partial charge in [0.1, 0.15) is 15.6 Å². The second kappa shape index (κ2) is 11.5. The third kappa shape index (κ3) is 6.65. The zero-order valence-corrected chi connectivity index (χ0v) is 23.9. The quantitative estimate of drug-likeness (QED) is 0.413. The number of ether oxygens (including phenoxy) is 1. The molecule has 1 saturated carbocycles. The lowest BCUT2D eigenvalue weighted by atomic mass is 9.84. The first-order valence-electron chi connectivity index (χ1n) is 12.6. The van der Waals surface area contributed by atoms with Crippen molar-refractivity contribution in [3.05, 3.63) is 34.5 Å². The summed E-state index contributed by atoms with van der Waals surface area (Å²) in [6.07, 6.45) is -0.777. The van der Waals surface area contributed by atoms with Crippen LogP contribution in [0.3, 0.4) is 0 Å². The van der Waals surface area contributed by atoms with E-state index in [1.165, 1.54) is 13.4 Å². The van der Waals surface area contributed by atoms with Crippen molar-refractivity contribution >= 4 is 27.3 Å². The molecule has 0 radical (unpaired) electrons. The Morgan fingerprint density at radius 3 is 2.37 bits per heavy atom. The van der Waals surface area contributed by atoms with Gasteiger partial charge >= 0.3 is 6.18 Å². The molecule has 0 unspecified atom stereocenters. The van der Waals surface area contributed by atoms with Crippen LogP contribution in [0.2, 0.25) is 5.02 Å². The minimum absolute atomic E-state index is 0.0395. The van der Waals surface area contributed by atoms with Gasteiger partial charge in [-0.3, -0.25) is 9.48 Å². The maximum Gasteiger partial charge on any atom is 0.394 e. The number of nitrogens with zero attached hydrogens (tertiary/aromatic N) is 2. The molecule has 1 aliphatic rings. The number of aromatic nitrogens is 2. The Labute approximate surface area is 227 Å². The highest BCUT2D eigenvalue weighted by molar-refractivity contribution is 7.91. The molecule has 1 N–H and O–H groups in total. The van der Waals surface area contributed by atoms with Gasteiger partial charge in [-0.1, -0.05) is 31.5 Å². The lowest BCUT2D eigenvalue weighted by Crippen LogP contribution is -2.34. The van der Waals surface area contributed by atoms with Crippen LogP contribution in [0.15, 0.2) is 18.2 Å². The molecule has 0 saturated heterocycles. The molecule has 1 amide bonds. The van der Waals surface area contributed by atoms with Crippen LogP contribution in [0.4, 0.5) is 13.2 Å². The molecule has 1 aromatic carbocycles. The van der Waals surface area contributed by atoms with Gasteiger partial charge in [0.2, 0.25) is 0 Å². The summed E-state index contributed by atoms with van der Waals surface area (Å²) in [4.78, 5) is 13.0. The second-order valence-corrected chi connectivity index (χ2v) is 13.3. The topological polar surface area (TPSA) is 90.3 Å². The van der Waals surface area contributed by atoms with Gasteiger partial charge in [-0.05, 0) is 62.6 Å². The van der Waals surface area contributed by atoms with Gasteiger partial charge in [-0.2, -0.15) is 18.3 Å². The van der Waals surface area contributed by atoms with Crippen molar-refractivity contribution in [1.82, 2.24) is 15.1 Å². The molecule has 0 aliphatic heterocycles. The summed E-state index contributed by atoms with van der Waals surface area (Å²) < 4.78 is 70.8. The Morgan fingerprint density at radius 2 is 1.84 bits per heavy atom. The largest absolute Gasteiger partial charge is 0.496 e. The van der Waals surface area contributed by atoms with Gasteiger partial charge in [0, 0.05) is 24.9 Å². The smallest absolute Gasteiger partial charge is 0.394 e. The van der Waals surface area contributed by atoms with E-state index in [0.717, 1.165) is 13.8 Å². The number of hydrogen-bond donors (Lipinski definition) is 1. The predicted octanol–water partition coefficient (Wildman–Crippen LogP) is 5.70. The van der Waals surface area contributed by atoms with Crippen LogP contribution in [0.1, 0.15) is 62.5 Å². The maximum absolute atomic E-state index is 13.4. The number of halogens is 4. The van der Waals surface area contributed by atoms with Gasteiger partial charge in [-0.15, -0.1) is 0 Å². The van der Waals surface area contributed by atoms with Crippen molar-refractivity contribution < 1.29 is 31.1 Å². The molecule has 2 aromatic rings. The highest BCUT2D eigenvalue weighted by atomic mass is 35.5. The standard InChI is InChI=1S/C26H35ClF3N3O4S/c1-6-33-23(19-12-9-17(13-20(19)37-4)14-25(2,3)26(28,29)30)21(27)22(32-33)24(34)31-15-16-7-10-18(11-8-16)38(5,35)36/h9,12-13,16,18H,6-8,10-11,14-15H2,1-5H3,(H,31,34)/t16-,18-. The average molecular weight is 578 g/mol. The molecule has 212 valence electrons. The summed E-state index contributed by atoms with van der Waals surface area (Å²) in [5.74, 6) is 0.0415. The summed E-state index contributed by atoms with van der Waals surface area (Å²) in [5.41, 5.74) is -0.477. The molecule has 3 rings (SSSR count). The van der Waals surface area contributed by atoms with Gasteiger partial charge < -0.3 is 10.1 Å². The number of sulfone groups is 1. The zero-order valence-electron chi connectivity index (χ0n) is 22.3. The third-order valence-corrected chi connectivity index (χ3v) is 9.33. The molecular weight excluding hydrogens is 543 g/mol. The Kier molecular flexibility index (Phi) is 9.13. The first-order valence-corrected chi connectivity index (χ1v) is 14.9. The monoisotopic (exact) mass is 577 g/mol. The Bertz CT molecular complexity index is 1270. The zero-order chi connectivity index (χ0) is 28.5. The van der Waals surface area contributed by atoms with Crippen molar-refractivity contribution in [3.63, 3.8) is 0 Å². The minimum atomic E-state index is -4.36. The molecule has 0 spiro atoms. The van der Waals surface area contributed by atoms with Crippen LogP contribution in [-0.4, -0.2) is 55.4 Å². The Morgan fingerprint density at radius 1 is 1.21 bits per heavy atom. The third-order valence-electron chi connectivity index (χ3n) is 7.29. The molecule has 1 fully saturated rings. The van der Waals surface area contributed by atoms with E-state index in [9.17, 15) is 26.4 Å². The van der Waals surface area contributed by atoms with Crippen molar-refractivity contribution in [3.8, 4) is 17.0 Å². The number of amides is 1. The molecule has 12 heteroatoms. The van der Waals surface area contributed by atoms with E-state index in [1.807, 2.05) is 6.92 Å². The summed E-state index contributed by atoms with van der Waals surface area (Å²) in [7, 11) is -1.64. The molecule has 7 nitrogen and oxygen atoms in total. The molecule has 0 bridgehead atoms. The molecule has 0 atom stereocenters. The molecule has 38 heavy (non-hydrogen) atoms. The lowest BCUT2D eigenvalue weighted by molar-refractivity contribution is -0.211. The molecule has 1 aromatic heterocycles. The Hall–Kier alpha value is -2.27. The van der Waals surface area contributed by atoms with Crippen LogP contribution < -0.4 is 10.1 Å². The lowest BCUT2D eigenvalue weighted by Gasteiger charge is -2.28. The summed E-state index contributed by atoms with van der Waals surface area (Å²) in [6.45, 7) is 4.91. The number of benzene rings is 1. The normalized spacial score (nSPS) is 18.9. The summed E-state index contributed by atoms with van der Waals surface area (Å²) in [5, 5.41) is 7.05. The number of aryl methyl sites for hydroxylation is 1. The van der Waals surface area contributed by atoms with Crippen LogP contribution in [-0.2, 0) is 22.8 Å². The minimum Gasteiger partial charge on any atom is -0.496 e. The fourth-order valence-electron chi connectivity index (χ4n) is 4.81. The van der Waals surface area contributed by atoms with Crippen molar-refractivity contribution in [1.29, 1.82) is 0 Å². The van der Waals surface area contributed by atoms with E-state index in [1.54, 1.807) is 22.9 Å². The van der Waals surface area contributed by atoms with E-state index in [0.29, 0.717) is 61.3 Å². The van der Waals surface area contributed by atoms with Crippen LogP contribution in [0.25, 0.3) is 11.3 Å². The molecule has 1 aliphatic carbocycles. The summed E-state index contributed by atoms with van der Waals surface area (Å²) >= 11 is 6.65. The second-order valence-electron chi connectivity index (χ2n) is 10.6.